The highest BCUT2D eigenvalue weighted by Gasteiger charge is 2.34. The molecule has 0 fully saturated rings. The largest absolute Gasteiger partial charge is 0.489 e. The third kappa shape index (κ3) is 16.3. The van der Waals surface area contributed by atoms with E-state index in [0.29, 0.717) is 24.5 Å². The lowest BCUT2D eigenvalue weighted by Crippen LogP contribution is -2.44. The summed E-state index contributed by atoms with van der Waals surface area (Å²) in [5.41, 5.74) is 7.27. The smallest absolute Gasteiger partial charge is 0.326 e. The SMILES string of the molecule is NCc1cc(COc2ccc(CCNC(=O)CC[C@@H](NC(=O)CC[C@H](NC(=O)CC[C@@H](C(=O)O)[C@H](CCC(=O)O)C(=O)O)C(=O)O)C(=O)O)cc2)co1. The maximum absolute atomic E-state index is 12.5. The number of nitrogens with one attached hydrogen (secondary N) is 3. The van der Waals surface area contributed by atoms with Gasteiger partial charge in [-0.3, -0.25) is 28.8 Å². The molecule has 1 aromatic heterocycles. The fraction of sp³-hybridized carbons (Fsp3) is 0.471. The highest BCUT2D eigenvalue weighted by Crippen LogP contribution is 2.24. The monoisotopic (exact) mass is 748 g/mol. The maximum Gasteiger partial charge on any atom is 0.326 e. The molecule has 53 heavy (non-hydrogen) atoms. The molecule has 1 heterocycles. The Morgan fingerprint density at radius 2 is 1.17 bits per heavy atom. The van der Waals surface area contributed by atoms with Crippen molar-refractivity contribution >= 4 is 47.6 Å². The molecule has 3 amide bonds. The van der Waals surface area contributed by atoms with Gasteiger partial charge in [-0.15, -0.1) is 0 Å². The Kier molecular flexibility index (Phi) is 18.0. The second-order valence-corrected chi connectivity index (χ2v) is 12.0. The van der Waals surface area contributed by atoms with Crippen LogP contribution in [0.4, 0.5) is 0 Å². The summed E-state index contributed by atoms with van der Waals surface area (Å²) in [6, 6.07) is 5.91. The first-order valence-corrected chi connectivity index (χ1v) is 16.6. The summed E-state index contributed by atoms with van der Waals surface area (Å²) in [4.78, 5) is 94.7. The van der Waals surface area contributed by atoms with E-state index in [1.807, 2.05) is 12.1 Å². The van der Waals surface area contributed by atoms with Crippen molar-refractivity contribution in [3.05, 3.63) is 53.5 Å². The van der Waals surface area contributed by atoms with Gasteiger partial charge in [0.2, 0.25) is 17.7 Å². The molecule has 1 aromatic carbocycles. The predicted octanol–water partition coefficient (Wildman–Crippen LogP) is 0.722. The van der Waals surface area contributed by atoms with Gasteiger partial charge in [-0.2, -0.15) is 0 Å². The average Bonchev–Trinajstić information content (AvgIpc) is 3.57. The van der Waals surface area contributed by atoms with Gasteiger partial charge in [0.05, 0.1) is 24.6 Å². The van der Waals surface area contributed by atoms with E-state index in [2.05, 4.69) is 16.0 Å². The van der Waals surface area contributed by atoms with Gasteiger partial charge in [0.25, 0.3) is 0 Å². The normalized spacial score (nSPS) is 13.1. The number of hydrogen-bond acceptors (Lipinski definition) is 11. The van der Waals surface area contributed by atoms with Crippen molar-refractivity contribution in [3.63, 3.8) is 0 Å². The number of carboxylic acids is 5. The van der Waals surface area contributed by atoms with Crippen LogP contribution in [0, 0.1) is 11.8 Å². The lowest BCUT2D eigenvalue weighted by Gasteiger charge is -2.20. The van der Waals surface area contributed by atoms with Gasteiger partial charge in [-0.1, -0.05) is 12.1 Å². The van der Waals surface area contributed by atoms with Crippen LogP contribution in [0.2, 0.25) is 0 Å². The first kappa shape index (κ1) is 43.2. The van der Waals surface area contributed by atoms with Crippen LogP contribution in [0.5, 0.6) is 5.75 Å². The highest BCUT2D eigenvalue weighted by atomic mass is 16.5. The number of carboxylic acid groups (broad SMARTS) is 5. The number of rotatable bonds is 26. The van der Waals surface area contributed by atoms with E-state index in [9.17, 15) is 58.8 Å². The fourth-order valence-corrected chi connectivity index (χ4v) is 5.12. The molecule has 0 radical (unpaired) electrons. The summed E-state index contributed by atoms with van der Waals surface area (Å²) in [7, 11) is 0. The van der Waals surface area contributed by atoms with Gasteiger partial charge in [0.15, 0.2) is 0 Å². The van der Waals surface area contributed by atoms with E-state index >= 15 is 0 Å². The van der Waals surface area contributed by atoms with Crippen LogP contribution in [0.25, 0.3) is 0 Å². The predicted molar refractivity (Wildman–Crippen MR) is 180 cm³/mol. The fourth-order valence-electron chi connectivity index (χ4n) is 5.12. The zero-order valence-corrected chi connectivity index (χ0v) is 28.7. The summed E-state index contributed by atoms with van der Waals surface area (Å²) < 4.78 is 11.0. The molecule has 19 nitrogen and oxygen atoms in total. The van der Waals surface area contributed by atoms with Crippen LogP contribution in [0.3, 0.4) is 0 Å². The minimum atomic E-state index is -1.64. The van der Waals surface area contributed by atoms with Crippen LogP contribution >= 0.6 is 0 Å². The Hall–Kier alpha value is -5.98. The number of amides is 3. The Labute approximate surface area is 302 Å². The molecule has 19 heteroatoms. The number of benzene rings is 1. The van der Waals surface area contributed by atoms with Crippen molar-refractivity contribution < 1.29 is 73.0 Å². The number of carbonyl (C=O) groups excluding carboxylic acids is 3. The molecule has 0 saturated carbocycles. The molecule has 2 aromatic rings. The minimum absolute atomic E-state index is 0.242. The van der Waals surface area contributed by atoms with E-state index in [4.69, 9.17) is 20.0 Å². The molecule has 0 spiro atoms. The molecule has 10 N–H and O–H groups in total. The third-order valence-electron chi connectivity index (χ3n) is 8.03. The summed E-state index contributed by atoms with van der Waals surface area (Å²) in [5.74, 6) is -11.7. The van der Waals surface area contributed by atoms with Crippen molar-refractivity contribution in [2.45, 2.75) is 83.0 Å². The molecule has 2 rings (SSSR count). The van der Waals surface area contributed by atoms with Gasteiger partial charge < -0.3 is 56.4 Å². The molecule has 0 saturated heterocycles. The molecule has 0 unspecified atom stereocenters. The first-order chi connectivity index (χ1) is 25.1. The van der Waals surface area contributed by atoms with Crippen molar-refractivity contribution in [1.82, 2.24) is 16.0 Å². The van der Waals surface area contributed by atoms with E-state index in [1.165, 1.54) is 0 Å². The van der Waals surface area contributed by atoms with Crippen LogP contribution < -0.4 is 26.4 Å². The Morgan fingerprint density at radius 3 is 1.64 bits per heavy atom. The summed E-state index contributed by atoms with van der Waals surface area (Å²) >= 11 is 0. The number of nitrogens with two attached hydrogens (primary N) is 1. The second kappa shape index (κ2) is 22.1. The number of carbonyl (C=O) groups is 8. The quantitative estimate of drug-likeness (QED) is 0.0640. The third-order valence-corrected chi connectivity index (χ3v) is 8.03. The van der Waals surface area contributed by atoms with Crippen LogP contribution in [-0.4, -0.2) is 91.7 Å². The Bertz CT molecular complexity index is 1590. The second-order valence-electron chi connectivity index (χ2n) is 12.0. The zero-order valence-electron chi connectivity index (χ0n) is 28.7. The van der Waals surface area contributed by atoms with Gasteiger partial charge in [0.1, 0.15) is 30.2 Å². The molecule has 0 bridgehead atoms. The van der Waals surface area contributed by atoms with Crippen LogP contribution in [0.1, 0.15) is 68.3 Å². The van der Waals surface area contributed by atoms with Crippen molar-refractivity contribution in [2.24, 2.45) is 17.6 Å². The van der Waals surface area contributed by atoms with Crippen molar-refractivity contribution in [2.75, 3.05) is 6.54 Å². The first-order valence-electron chi connectivity index (χ1n) is 16.6. The summed E-state index contributed by atoms with van der Waals surface area (Å²) in [5, 5.41) is 53.7. The summed E-state index contributed by atoms with van der Waals surface area (Å²) in [6.07, 6.45) is -1.76. The molecular formula is C34H44N4O15. The van der Waals surface area contributed by atoms with E-state index in [0.717, 1.165) is 11.1 Å². The molecule has 0 aliphatic carbocycles. The lowest BCUT2D eigenvalue weighted by atomic mass is 9.85. The average molecular weight is 749 g/mol. The van der Waals surface area contributed by atoms with Gasteiger partial charge in [-0.05, 0) is 55.9 Å². The van der Waals surface area contributed by atoms with E-state index in [-0.39, 0.29) is 25.9 Å². The molecule has 0 aliphatic heterocycles. The molecular weight excluding hydrogens is 704 g/mol. The number of hydrogen-bond donors (Lipinski definition) is 9. The van der Waals surface area contributed by atoms with Gasteiger partial charge in [-0.25, -0.2) is 9.59 Å². The Balaban J connectivity index is 1.76. The van der Waals surface area contributed by atoms with Crippen LogP contribution in [0.15, 0.2) is 41.0 Å². The standard InChI is InChI=1S/C34H44N4O15/c35-16-22-15-20(18-53-22)17-52-21-3-1-19(2-4-21)13-14-36-27(39)10-7-25(33(48)49)38-29(41)11-8-26(34(50)51)37-28(40)9-5-23(31(44)45)24(32(46)47)6-12-30(42)43/h1-4,15,18,23-26H,5-14,16-17,35H2,(H,36,39)(H,37,40)(H,38,41)(H,42,43)(H,44,45)(H,46,47)(H,48,49)(H,50,51)/t23-,24+,25-,26+/m1/s1. The van der Waals surface area contributed by atoms with Crippen molar-refractivity contribution in [3.8, 4) is 5.75 Å². The number of aliphatic carboxylic acids is 5. The highest BCUT2D eigenvalue weighted by molar-refractivity contribution is 5.87. The van der Waals surface area contributed by atoms with E-state index < -0.39 is 110 Å². The topological polar surface area (TPSA) is 322 Å². The molecule has 0 aliphatic rings. The van der Waals surface area contributed by atoms with E-state index in [1.54, 1.807) is 24.5 Å². The molecule has 4 atom stereocenters. The number of furan rings is 1. The zero-order chi connectivity index (χ0) is 39.5. The van der Waals surface area contributed by atoms with Crippen LogP contribution in [-0.2, 0) is 57.9 Å². The minimum Gasteiger partial charge on any atom is -0.489 e. The Morgan fingerprint density at radius 1 is 0.660 bits per heavy atom. The number of ether oxygens (including phenoxy) is 1. The van der Waals surface area contributed by atoms with Gasteiger partial charge in [0, 0.05) is 37.8 Å². The van der Waals surface area contributed by atoms with Gasteiger partial charge >= 0.3 is 29.8 Å². The lowest BCUT2D eigenvalue weighted by molar-refractivity contribution is -0.155. The maximum atomic E-state index is 12.5. The van der Waals surface area contributed by atoms with Crippen molar-refractivity contribution in [1.29, 1.82) is 0 Å². The molecule has 290 valence electrons. The summed E-state index contributed by atoms with van der Waals surface area (Å²) in [6.45, 7) is 0.843.